The fourth-order valence-electron chi connectivity index (χ4n) is 2.39. The maximum absolute atomic E-state index is 5.97. The third kappa shape index (κ3) is 3.11. The molecule has 0 spiro atoms. The van der Waals surface area contributed by atoms with Gasteiger partial charge in [0.2, 0.25) is 0 Å². The third-order valence-corrected chi connectivity index (χ3v) is 3.61. The Labute approximate surface area is 108 Å². The summed E-state index contributed by atoms with van der Waals surface area (Å²) in [7, 11) is 1.69. The molecule has 0 aliphatic carbocycles. The fourth-order valence-corrected chi connectivity index (χ4v) is 2.74. The van der Waals surface area contributed by atoms with Crippen molar-refractivity contribution in [3.63, 3.8) is 0 Å². The van der Waals surface area contributed by atoms with Crippen LogP contribution in [0.5, 0.6) is 5.75 Å². The van der Waals surface area contributed by atoms with Crippen LogP contribution in [0, 0.1) is 6.92 Å². The van der Waals surface area contributed by atoms with E-state index < -0.39 is 0 Å². The molecule has 0 aromatic carbocycles. The number of methoxy groups -OCH3 is 1. The van der Waals surface area contributed by atoms with Crippen LogP contribution in [0.1, 0.15) is 24.2 Å². The quantitative estimate of drug-likeness (QED) is 0.773. The van der Waals surface area contributed by atoms with Gasteiger partial charge in [-0.3, -0.25) is 9.88 Å². The molecule has 0 N–H and O–H groups in total. The van der Waals surface area contributed by atoms with E-state index in [4.69, 9.17) is 16.3 Å². The topological polar surface area (TPSA) is 25.4 Å². The predicted molar refractivity (Wildman–Crippen MR) is 69.7 cm³/mol. The molecule has 0 amide bonds. The van der Waals surface area contributed by atoms with Gasteiger partial charge in [0, 0.05) is 36.3 Å². The molecule has 1 aliphatic heterocycles. The lowest BCUT2D eigenvalue weighted by Crippen LogP contribution is -2.30. The number of aromatic nitrogens is 1. The highest BCUT2D eigenvalue weighted by molar-refractivity contribution is 6.18. The summed E-state index contributed by atoms with van der Waals surface area (Å²) in [5.41, 5.74) is 2.07. The maximum Gasteiger partial charge on any atom is 0.122 e. The fraction of sp³-hybridized carbons (Fsp3) is 0.615. The average Bonchev–Trinajstić information content (AvgIpc) is 2.75. The molecule has 1 saturated heterocycles. The summed E-state index contributed by atoms with van der Waals surface area (Å²) in [5.74, 6) is 1.59. The second kappa shape index (κ2) is 5.69. The molecular weight excluding hydrogens is 236 g/mol. The summed E-state index contributed by atoms with van der Waals surface area (Å²) in [6.07, 6.45) is 2.44. The molecule has 4 heteroatoms. The van der Waals surface area contributed by atoms with Gasteiger partial charge in [0.25, 0.3) is 0 Å². The van der Waals surface area contributed by atoms with E-state index in [1.54, 1.807) is 7.11 Å². The molecule has 0 saturated carbocycles. The number of likely N-dealkylation sites (tertiary alicyclic amines) is 1. The molecule has 1 atom stereocenters. The maximum atomic E-state index is 5.97. The number of halogens is 1. The molecule has 1 aliphatic rings. The Bertz CT molecular complexity index is 384. The third-order valence-electron chi connectivity index (χ3n) is 3.26. The number of hydrogen-bond donors (Lipinski definition) is 0. The Kier molecular flexibility index (Phi) is 4.24. The molecular formula is C13H19ClN2O. The second-order valence-electron chi connectivity index (χ2n) is 4.56. The Hall–Kier alpha value is -0.800. The van der Waals surface area contributed by atoms with E-state index in [1.165, 1.54) is 12.8 Å². The van der Waals surface area contributed by atoms with Gasteiger partial charge in [-0.25, -0.2) is 0 Å². The van der Waals surface area contributed by atoms with Gasteiger partial charge in [0.15, 0.2) is 0 Å². The monoisotopic (exact) mass is 254 g/mol. The zero-order chi connectivity index (χ0) is 12.3. The van der Waals surface area contributed by atoms with Crippen LogP contribution >= 0.6 is 11.6 Å². The van der Waals surface area contributed by atoms with Crippen LogP contribution in [0.2, 0.25) is 0 Å². The molecule has 94 valence electrons. The van der Waals surface area contributed by atoms with Crippen molar-refractivity contribution in [3.8, 4) is 5.75 Å². The highest BCUT2D eigenvalue weighted by Crippen LogP contribution is 2.22. The van der Waals surface area contributed by atoms with Crippen molar-refractivity contribution < 1.29 is 4.74 Å². The minimum atomic E-state index is 0.505. The average molecular weight is 255 g/mol. The van der Waals surface area contributed by atoms with Gasteiger partial charge in [-0.05, 0) is 26.3 Å². The van der Waals surface area contributed by atoms with Crippen LogP contribution in [0.4, 0.5) is 0 Å². The minimum absolute atomic E-state index is 0.505. The SMILES string of the molecule is COc1cc(C)nc(CN2CCCC2CCl)c1. The highest BCUT2D eigenvalue weighted by Gasteiger charge is 2.23. The molecule has 0 radical (unpaired) electrons. The summed E-state index contributed by atoms with van der Waals surface area (Å²) in [6, 6.07) is 4.47. The highest BCUT2D eigenvalue weighted by atomic mass is 35.5. The molecule has 1 unspecified atom stereocenters. The van der Waals surface area contributed by atoms with Crippen LogP contribution in [0.25, 0.3) is 0 Å². The van der Waals surface area contributed by atoms with E-state index in [9.17, 15) is 0 Å². The van der Waals surface area contributed by atoms with E-state index in [0.717, 1.165) is 30.2 Å². The standard InChI is InChI=1S/C13H19ClN2O/c1-10-6-13(17-2)7-11(15-10)9-16-5-3-4-12(16)8-14/h6-7,12H,3-5,8-9H2,1-2H3. The van der Waals surface area contributed by atoms with Crippen LogP contribution in [0.15, 0.2) is 12.1 Å². The molecule has 1 aromatic heterocycles. The van der Waals surface area contributed by atoms with Crippen molar-refractivity contribution in [3.05, 3.63) is 23.5 Å². The van der Waals surface area contributed by atoms with E-state index >= 15 is 0 Å². The summed E-state index contributed by atoms with van der Waals surface area (Å²) >= 11 is 5.97. The largest absolute Gasteiger partial charge is 0.497 e. The Morgan fingerprint density at radius 1 is 1.53 bits per heavy atom. The molecule has 2 heterocycles. The lowest BCUT2D eigenvalue weighted by atomic mass is 10.2. The summed E-state index contributed by atoms with van der Waals surface area (Å²) in [5, 5.41) is 0. The number of hydrogen-bond acceptors (Lipinski definition) is 3. The number of pyridine rings is 1. The first kappa shape index (κ1) is 12.7. The number of aryl methyl sites for hydroxylation is 1. The van der Waals surface area contributed by atoms with Gasteiger partial charge in [0.1, 0.15) is 5.75 Å². The van der Waals surface area contributed by atoms with E-state index in [0.29, 0.717) is 11.9 Å². The van der Waals surface area contributed by atoms with Crippen LogP contribution < -0.4 is 4.74 Å². The van der Waals surface area contributed by atoms with Crippen molar-refractivity contribution in [2.45, 2.75) is 32.4 Å². The predicted octanol–water partition coefficient (Wildman–Crippen LogP) is 2.60. The first-order chi connectivity index (χ1) is 8.22. The zero-order valence-electron chi connectivity index (χ0n) is 10.4. The van der Waals surface area contributed by atoms with E-state index in [2.05, 4.69) is 9.88 Å². The normalized spacial score (nSPS) is 20.8. The van der Waals surface area contributed by atoms with Crippen molar-refractivity contribution in [2.75, 3.05) is 19.5 Å². The van der Waals surface area contributed by atoms with Gasteiger partial charge in [0.05, 0.1) is 12.8 Å². The summed E-state index contributed by atoms with van der Waals surface area (Å²) in [4.78, 5) is 6.96. The lowest BCUT2D eigenvalue weighted by Gasteiger charge is -2.22. The van der Waals surface area contributed by atoms with E-state index in [-0.39, 0.29) is 0 Å². The van der Waals surface area contributed by atoms with Gasteiger partial charge in [-0.2, -0.15) is 0 Å². The number of alkyl halides is 1. The second-order valence-corrected chi connectivity index (χ2v) is 4.87. The minimum Gasteiger partial charge on any atom is -0.497 e. The zero-order valence-corrected chi connectivity index (χ0v) is 11.2. The summed E-state index contributed by atoms with van der Waals surface area (Å²) < 4.78 is 5.27. The molecule has 2 rings (SSSR count). The number of ether oxygens (including phenoxy) is 1. The molecule has 3 nitrogen and oxygen atoms in total. The molecule has 1 aromatic rings. The van der Waals surface area contributed by atoms with Gasteiger partial charge in [-0.15, -0.1) is 11.6 Å². The van der Waals surface area contributed by atoms with Crippen molar-refractivity contribution in [2.24, 2.45) is 0 Å². The van der Waals surface area contributed by atoms with Crippen molar-refractivity contribution >= 4 is 11.6 Å². The first-order valence-electron chi connectivity index (χ1n) is 6.04. The molecule has 0 bridgehead atoms. The smallest absolute Gasteiger partial charge is 0.122 e. The molecule has 17 heavy (non-hydrogen) atoms. The van der Waals surface area contributed by atoms with Crippen LogP contribution in [0.3, 0.4) is 0 Å². The Balaban J connectivity index is 2.09. The molecule has 1 fully saturated rings. The van der Waals surface area contributed by atoms with E-state index in [1.807, 2.05) is 19.1 Å². The Morgan fingerprint density at radius 3 is 3.06 bits per heavy atom. The van der Waals surface area contributed by atoms with Gasteiger partial charge < -0.3 is 4.74 Å². The van der Waals surface area contributed by atoms with Gasteiger partial charge >= 0.3 is 0 Å². The van der Waals surface area contributed by atoms with Gasteiger partial charge in [-0.1, -0.05) is 0 Å². The Morgan fingerprint density at radius 2 is 2.35 bits per heavy atom. The number of rotatable bonds is 4. The first-order valence-corrected chi connectivity index (χ1v) is 6.58. The number of nitrogens with zero attached hydrogens (tertiary/aromatic N) is 2. The van der Waals surface area contributed by atoms with Crippen molar-refractivity contribution in [1.29, 1.82) is 0 Å². The van der Waals surface area contributed by atoms with Crippen molar-refractivity contribution in [1.82, 2.24) is 9.88 Å². The summed E-state index contributed by atoms with van der Waals surface area (Å²) in [6.45, 7) is 3.99. The van der Waals surface area contributed by atoms with Crippen LogP contribution in [-0.2, 0) is 6.54 Å². The van der Waals surface area contributed by atoms with Crippen LogP contribution in [-0.4, -0.2) is 35.5 Å². The lowest BCUT2D eigenvalue weighted by molar-refractivity contribution is 0.259.